The van der Waals surface area contributed by atoms with Gasteiger partial charge in [-0.3, -0.25) is 4.40 Å². The third-order valence-electron chi connectivity index (χ3n) is 2.44. The second-order valence-electron chi connectivity index (χ2n) is 3.73. The van der Waals surface area contributed by atoms with E-state index in [0.717, 1.165) is 11.3 Å². The van der Waals surface area contributed by atoms with Crippen LogP contribution in [-0.2, 0) is 0 Å². The van der Waals surface area contributed by atoms with Gasteiger partial charge in [-0.2, -0.15) is 0 Å². The Labute approximate surface area is 97.2 Å². The Morgan fingerprint density at radius 2 is 2.12 bits per heavy atom. The molecule has 0 spiro atoms. The number of aryl methyl sites for hydroxylation is 1. The van der Waals surface area contributed by atoms with Crippen LogP contribution >= 0.6 is 0 Å². The quantitative estimate of drug-likeness (QED) is 0.671. The van der Waals surface area contributed by atoms with Crippen LogP contribution in [0.4, 0.5) is 5.82 Å². The summed E-state index contributed by atoms with van der Waals surface area (Å²) in [7, 11) is 0. The number of nitrogen functional groups attached to an aromatic ring is 1. The van der Waals surface area contributed by atoms with Gasteiger partial charge in [0.1, 0.15) is 17.8 Å². The highest BCUT2D eigenvalue weighted by Crippen LogP contribution is 2.16. The van der Waals surface area contributed by atoms with Crippen LogP contribution < -0.4 is 5.73 Å². The van der Waals surface area contributed by atoms with Crippen molar-refractivity contribution in [2.24, 2.45) is 0 Å². The highest BCUT2D eigenvalue weighted by atomic mass is 15.3. The maximum absolute atomic E-state index is 5.65. The van der Waals surface area contributed by atoms with Crippen molar-refractivity contribution in [3.05, 3.63) is 36.3 Å². The molecule has 84 valence electrons. The predicted octanol–water partition coefficient (Wildman–Crippen LogP) is 1.08. The molecule has 3 heterocycles. The number of hydrogen-bond acceptors (Lipinski definition) is 5. The van der Waals surface area contributed by atoms with Gasteiger partial charge in [-0.15, -0.1) is 10.2 Å². The molecule has 3 rings (SSSR count). The smallest absolute Gasteiger partial charge is 0.188 e. The van der Waals surface area contributed by atoms with Crippen LogP contribution in [0, 0.1) is 6.92 Å². The minimum absolute atomic E-state index is 0.458. The third-order valence-corrected chi connectivity index (χ3v) is 2.44. The first-order valence-electron chi connectivity index (χ1n) is 5.14. The lowest BCUT2D eigenvalue weighted by Gasteiger charge is -2.00. The van der Waals surface area contributed by atoms with Crippen molar-refractivity contribution in [3.8, 4) is 11.5 Å². The van der Waals surface area contributed by atoms with E-state index in [1.54, 1.807) is 16.8 Å². The molecule has 0 atom stereocenters. The van der Waals surface area contributed by atoms with Crippen LogP contribution in [-0.4, -0.2) is 24.6 Å². The minimum Gasteiger partial charge on any atom is -0.384 e. The lowest BCUT2D eigenvalue weighted by atomic mass is 10.3. The molecule has 0 saturated carbocycles. The molecule has 0 radical (unpaired) electrons. The number of anilines is 1. The topological polar surface area (TPSA) is 82.0 Å². The van der Waals surface area contributed by atoms with Gasteiger partial charge in [-0.1, -0.05) is 6.07 Å². The van der Waals surface area contributed by atoms with Gasteiger partial charge in [-0.05, 0) is 19.1 Å². The summed E-state index contributed by atoms with van der Waals surface area (Å²) in [6.07, 6.45) is 1.69. The maximum Gasteiger partial charge on any atom is 0.188 e. The third kappa shape index (κ3) is 1.59. The van der Waals surface area contributed by atoms with Crippen molar-refractivity contribution in [2.45, 2.75) is 6.92 Å². The normalized spacial score (nSPS) is 10.9. The minimum atomic E-state index is 0.458. The molecular formula is C11H10N6. The average molecular weight is 226 g/mol. The Morgan fingerprint density at radius 1 is 1.24 bits per heavy atom. The van der Waals surface area contributed by atoms with Crippen LogP contribution in [0.1, 0.15) is 5.69 Å². The highest BCUT2D eigenvalue weighted by molar-refractivity contribution is 5.56. The number of rotatable bonds is 1. The van der Waals surface area contributed by atoms with Gasteiger partial charge in [0.15, 0.2) is 11.5 Å². The molecule has 6 nitrogen and oxygen atoms in total. The highest BCUT2D eigenvalue weighted by Gasteiger charge is 2.09. The van der Waals surface area contributed by atoms with Gasteiger partial charge in [-0.25, -0.2) is 9.97 Å². The number of aromatic nitrogens is 5. The fraction of sp³-hybridized carbons (Fsp3) is 0.0909. The molecule has 0 unspecified atom stereocenters. The van der Waals surface area contributed by atoms with E-state index in [2.05, 4.69) is 20.2 Å². The standard InChI is InChI=1S/C11H10N6/c1-7-5-10-15-16-11(17(10)6-13-7)8-3-2-4-9(12)14-8/h2-6H,1H3,(H2,12,14). The zero-order valence-electron chi connectivity index (χ0n) is 9.20. The van der Waals surface area contributed by atoms with Crippen molar-refractivity contribution < 1.29 is 0 Å². The SMILES string of the molecule is Cc1cc2nnc(-c3cccc(N)n3)n2cn1. The molecule has 0 aliphatic carbocycles. The molecule has 17 heavy (non-hydrogen) atoms. The summed E-state index contributed by atoms with van der Waals surface area (Å²) < 4.78 is 1.79. The van der Waals surface area contributed by atoms with Crippen LogP contribution in [0.3, 0.4) is 0 Å². The van der Waals surface area contributed by atoms with E-state index in [0.29, 0.717) is 17.3 Å². The van der Waals surface area contributed by atoms with Gasteiger partial charge in [0.25, 0.3) is 0 Å². The lowest BCUT2D eigenvalue weighted by molar-refractivity contribution is 1.04. The fourth-order valence-electron chi connectivity index (χ4n) is 1.64. The van der Waals surface area contributed by atoms with Gasteiger partial charge in [0.05, 0.1) is 0 Å². The molecular weight excluding hydrogens is 216 g/mol. The van der Waals surface area contributed by atoms with Crippen molar-refractivity contribution in [3.63, 3.8) is 0 Å². The second kappa shape index (κ2) is 3.51. The summed E-state index contributed by atoms with van der Waals surface area (Å²) in [4.78, 5) is 8.43. The Morgan fingerprint density at radius 3 is 2.94 bits per heavy atom. The Bertz CT molecular complexity index is 687. The van der Waals surface area contributed by atoms with E-state index >= 15 is 0 Å². The molecule has 0 aliphatic heterocycles. The molecule has 0 aliphatic rings. The average Bonchev–Trinajstić information content (AvgIpc) is 2.71. The summed E-state index contributed by atoms with van der Waals surface area (Å²) in [5.41, 5.74) is 7.98. The zero-order valence-corrected chi connectivity index (χ0v) is 9.20. The van der Waals surface area contributed by atoms with E-state index in [1.807, 2.05) is 25.1 Å². The number of nitrogens with two attached hydrogens (primary N) is 1. The monoisotopic (exact) mass is 226 g/mol. The molecule has 3 aromatic rings. The van der Waals surface area contributed by atoms with E-state index in [9.17, 15) is 0 Å². The molecule has 0 bridgehead atoms. The summed E-state index contributed by atoms with van der Waals surface area (Å²) in [5.74, 6) is 1.10. The van der Waals surface area contributed by atoms with Gasteiger partial charge >= 0.3 is 0 Å². The Hall–Kier alpha value is -2.50. The molecule has 0 fully saturated rings. The van der Waals surface area contributed by atoms with Crippen LogP contribution in [0.5, 0.6) is 0 Å². The molecule has 0 saturated heterocycles. The molecule has 0 amide bonds. The second-order valence-corrected chi connectivity index (χ2v) is 3.73. The molecule has 6 heteroatoms. The Kier molecular flexibility index (Phi) is 2.01. The molecule has 2 N–H and O–H groups in total. The predicted molar refractivity (Wildman–Crippen MR) is 63.2 cm³/mol. The van der Waals surface area contributed by atoms with E-state index in [-0.39, 0.29) is 0 Å². The van der Waals surface area contributed by atoms with Gasteiger partial charge < -0.3 is 5.73 Å². The first-order chi connectivity index (χ1) is 8.24. The number of hydrogen-bond donors (Lipinski definition) is 1. The van der Waals surface area contributed by atoms with E-state index < -0.39 is 0 Å². The summed E-state index contributed by atoms with van der Waals surface area (Å²) in [5, 5.41) is 8.18. The summed E-state index contributed by atoms with van der Waals surface area (Å²) >= 11 is 0. The summed E-state index contributed by atoms with van der Waals surface area (Å²) in [6.45, 7) is 1.91. The van der Waals surface area contributed by atoms with Crippen LogP contribution in [0.25, 0.3) is 17.2 Å². The largest absolute Gasteiger partial charge is 0.384 e. The van der Waals surface area contributed by atoms with E-state index in [1.165, 1.54) is 0 Å². The van der Waals surface area contributed by atoms with Crippen LogP contribution in [0.2, 0.25) is 0 Å². The summed E-state index contributed by atoms with van der Waals surface area (Å²) in [6, 6.07) is 7.27. The lowest BCUT2D eigenvalue weighted by Crippen LogP contribution is -1.96. The molecule has 3 aromatic heterocycles. The maximum atomic E-state index is 5.65. The van der Waals surface area contributed by atoms with Crippen molar-refractivity contribution in [2.75, 3.05) is 5.73 Å². The van der Waals surface area contributed by atoms with Crippen molar-refractivity contribution in [1.29, 1.82) is 0 Å². The molecule has 0 aromatic carbocycles. The first kappa shape index (κ1) is 9.71. The van der Waals surface area contributed by atoms with Crippen molar-refractivity contribution >= 4 is 11.5 Å². The Balaban J connectivity index is 2.24. The van der Waals surface area contributed by atoms with Gasteiger partial charge in [0.2, 0.25) is 0 Å². The zero-order chi connectivity index (χ0) is 11.8. The first-order valence-corrected chi connectivity index (χ1v) is 5.14. The van der Waals surface area contributed by atoms with E-state index in [4.69, 9.17) is 5.73 Å². The van der Waals surface area contributed by atoms with Gasteiger partial charge in [0, 0.05) is 11.8 Å². The van der Waals surface area contributed by atoms with Crippen molar-refractivity contribution in [1.82, 2.24) is 24.6 Å². The number of nitrogens with zero attached hydrogens (tertiary/aromatic N) is 5. The number of pyridine rings is 1. The van der Waals surface area contributed by atoms with Crippen LogP contribution in [0.15, 0.2) is 30.6 Å². The number of fused-ring (bicyclic) bond motifs is 1. The fourth-order valence-corrected chi connectivity index (χ4v) is 1.64.